The van der Waals surface area contributed by atoms with E-state index in [2.05, 4.69) is 0 Å². The van der Waals surface area contributed by atoms with Crippen LogP contribution in [0.4, 0.5) is 8.78 Å². The minimum Gasteiger partial charge on any atom is -0.380 e. The van der Waals surface area contributed by atoms with Crippen molar-refractivity contribution >= 4 is 0 Å². The average Bonchev–Trinajstić information content (AvgIpc) is 2.70. The first-order valence-electron chi connectivity index (χ1n) is 6.28. The first kappa shape index (κ1) is 12.3. The van der Waals surface area contributed by atoms with Crippen LogP contribution >= 0.6 is 0 Å². The van der Waals surface area contributed by atoms with Crippen LogP contribution in [0.2, 0.25) is 0 Å². The van der Waals surface area contributed by atoms with Crippen molar-refractivity contribution in [3.63, 3.8) is 0 Å². The number of hydrogen-bond donors (Lipinski definition) is 1. The fourth-order valence-electron chi connectivity index (χ4n) is 2.94. The molecule has 1 aliphatic rings. The summed E-state index contributed by atoms with van der Waals surface area (Å²) in [6.07, 6.45) is 1.05. The molecule has 1 nitrogen and oxygen atoms in total. The lowest BCUT2D eigenvalue weighted by atomic mass is 9.85. The molecule has 0 saturated carbocycles. The summed E-state index contributed by atoms with van der Waals surface area (Å²) in [7, 11) is 0. The molecule has 98 valence electrons. The van der Waals surface area contributed by atoms with E-state index < -0.39 is 5.60 Å². The standard InChI is InChI=1S/C16H14F2O/c1-10-2-3-13(18)9-15(10)16(19)7-6-11-8-12(17)4-5-14(11)16/h2-5,8-9,19H,6-7H2,1H3. The first-order chi connectivity index (χ1) is 9.00. The molecule has 1 N–H and O–H groups in total. The zero-order valence-corrected chi connectivity index (χ0v) is 10.6. The molecule has 0 aromatic heterocycles. The summed E-state index contributed by atoms with van der Waals surface area (Å²) in [5.41, 5.74) is 1.67. The van der Waals surface area contributed by atoms with Crippen LogP contribution in [0.25, 0.3) is 0 Å². The smallest absolute Gasteiger partial charge is 0.123 e. The van der Waals surface area contributed by atoms with Crippen molar-refractivity contribution in [2.45, 2.75) is 25.4 Å². The SMILES string of the molecule is Cc1ccc(F)cc1C1(O)CCc2cc(F)ccc21. The van der Waals surface area contributed by atoms with Crippen molar-refractivity contribution in [1.82, 2.24) is 0 Å². The largest absolute Gasteiger partial charge is 0.380 e. The molecule has 3 heteroatoms. The average molecular weight is 260 g/mol. The third-order valence-electron chi connectivity index (χ3n) is 3.91. The molecule has 0 amide bonds. The molecule has 0 fully saturated rings. The highest BCUT2D eigenvalue weighted by Gasteiger charge is 2.39. The number of hydrogen-bond acceptors (Lipinski definition) is 1. The van der Waals surface area contributed by atoms with Crippen molar-refractivity contribution in [2.24, 2.45) is 0 Å². The first-order valence-corrected chi connectivity index (χ1v) is 6.28. The lowest BCUT2D eigenvalue weighted by Gasteiger charge is -2.26. The molecule has 2 aromatic carbocycles. The Labute approximate surface area is 110 Å². The second kappa shape index (κ2) is 4.14. The number of fused-ring (bicyclic) bond motifs is 1. The van der Waals surface area contributed by atoms with Crippen LogP contribution in [-0.2, 0) is 12.0 Å². The molecule has 2 aromatic rings. The van der Waals surface area contributed by atoms with Gasteiger partial charge in [0, 0.05) is 0 Å². The lowest BCUT2D eigenvalue weighted by Crippen LogP contribution is -2.25. The number of aliphatic hydroxyl groups is 1. The predicted molar refractivity (Wildman–Crippen MR) is 68.9 cm³/mol. The molecule has 1 aliphatic carbocycles. The van der Waals surface area contributed by atoms with Gasteiger partial charge in [0.2, 0.25) is 0 Å². The highest BCUT2D eigenvalue weighted by Crippen LogP contribution is 2.43. The van der Waals surface area contributed by atoms with E-state index in [1.807, 2.05) is 6.92 Å². The monoisotopic (exact) mass is 260 g/mol. The topological polar surface area (TPSA) is 20.2 Å². The zero-order valence-electron chi connectivity index (χ0n) is 10.6. The predicted octanol–water partition coefficient (Wildman–Crippen LogP) is 3.46. The quantitative estimate of drug-likeness (QED) is 0.832. The van der Waals surface area contributed by atoms with Gasteiger partial charge in [-0.25, -0.2) is 8.78 Å². The molecule has 0 saturated heterocycles. The van der Waals surface area contributed by atoms with Gasteiger partial charge in [-0.2, -0.15) is 0 Å². The van der Waals surface area contributed by atoms with Gasteiger partial charge in [-0.15, -0.1) is 0 Å². The van der Waals surface area contributed by atoms with Crippen molar-refractivity contribution in [3.8, 4) is 0 Å². The van der Waals surface area contributed by atoms with Crippen LogP contribution < -0.4 is 0 Å². The van der Waals surface area contributed by atoms with Crippen molar-refractivity contribution in [2.75, 3.05) is 0 Å². The van der Waals surface area contributed by atoms with Crippen LogP contribution in [0.15, 0.2) is 36.4 Å². The van der Waals surface area contributed by atoms with Gasteiger partial charge in [0.25, 0.3) is 0 Å². The molecular weight excluding hydrogens is 246 g/mol. The van der Waals surface area contributed by atoms with Gasteiger partial charge in [0.05, 0.1) is 0 Å². The Morgan fingerprint density at radius 2 is 1.68 bits per heavy atom. The Bertz CT molecular complexity index is 651. The highest BCUT2D eigenvalue weighted by atomic mass is 19.1. The van der Waals surface area contributed by atoms with E-state index in [4.69, 9.17) is 0 Å². The Morgan fingerprint density at radius 3 is 2.47 bits per heavy atom. The summed E-state index contributed by atoms with van der Waals surface area (Å²) in [5, 5.41) is 10.9. The van der Waals surface area contributed by atoms with Gasteiger partial charge in [-0.05, 0) is 66.3 Å². The van der Waals surface area contributed by atoms with E-state index in [9.17, 15) is 13.9 Å². The third-order valence-corrected chi connectivity index (χ3v) is 3.91. The molecule has 3 rings (SSSR count). The van der Waals surface area contributed by atoms with E-state index in [1.54, 1.807) is 12.1 Å². The van der Waals surface area contributed by atoms with E-state index in [1.165, 1.54) is 24.3 Å². The maximum Gasteiger partial charge on any atom is 0.123 e. The molecule has 1 unspecified atom stereocenters. The van der Waals surface area contributed by atoms with Crippen molar-refractivity contribution in [1.29, 1.82) is 0 Å². The van der Waals surface area contributed by atoms with E-state index in [0.717, 1.165) is 11.1 Å². The van der Waals surface area contributed by atoms with Crippen LogP contribution in [0.5, 0.6) is 0 Å². The third kappa shape index (κ3) is 1.85. The fraction of sp³-hybridized carbons (Fsp3) is 0.250. The van der Waals surface area contributed by atoms with E-state index in [-0.39, 0.29) is 11.6 Å². The van der Waals surface area contributed by atoms with Gasteiger partial charge in [0.15, 0.2) is 0 Å². The maximum absolute atomic E-state index is 13.4. The number of aryl methyl sites for hydroxylation is 2. The number of halogens is 2. The molecular formula is C16H14F2O. The second-order valence-electron chi connectivity index (χ2n) is 5.12. The Morgan fingerprint density at radius 1 is 1.00 bits per heavy atom. The molecule has 0 heterocycles. The number of benzene rings is 2. The summed E-state index contributed by atoms with van der Waals surface area (Å²) in [4.78, 5) is 0. The van der Waals surface area contributed by atoms with Crippen molar-refractivity contribution < 1.29 is 13.9 Å². The fourth-order valence-corrected chi connectivity index (χ4v) is 2.94. The van der Waals surface area contributed by atoms with E-state index in [0.29, 0.717) is 24.0 Å². The summed E-state index contributed by atoms with van der Waals surface area (Å²) in [5.74, 6) is -0.677. The summed E-state index contributed by atoms with van der Waals surface area (Å²) < 4.78 is 26.7. The van der Waals surface area contributed by atoms with Gasteiger partial charge < -0.3 is 5.11 Å². The van der Waals surface area contributed by atoms with Crippen LogP contribution in [0.1, 0.15) is 28.7 Å². The Balaban J connectivity index is 2.19. The van der Waals surface area contributed by atoms with Crippen LogP contribution in [0.3, 0.4) is 0 Å². The Hall–Kier alpha value is -1.74. The van der Waals surface area contributed by atoms with Crippen LogP contribution in [0, 0.1) is 18.6 Å². The maximum atomic E-state index is 13.4. The molecule has 0 radical (unpaired) electrons. The van der Waals surface area contributed by atoms with Crippen LogP contribution in [-0.4, -0.2) is 5.11 Å². The summed E-state index contributed by atoms with van der Waals surface area (Å²) >= 11 is 0. The van der Waals surface area contributed by atoms with E-state index >= 15 is 0 Å². The van der Waals surface area contributed by atoms with Gasteiger partial charge in [-0.1, -0.05) is 12.1 Å². The van der Waals surface area contributed by atoms with Crippen molar-refractivity contribution in [3.05, 3.63) is 70.3 Å². The zero-order chi connectivity index (χ0) is 13.6. The molecule has 0 bridgehead atoms. The minimum atomic E-state index is -1.21. The summed E-state index contributed by atoms with van der Waals surface area (Å²) in [6.45, 7) is 1.84. The Kier molecular flexibility index (Phi) is 2.68. The minimum absolute atomic E-state index is 0.307. The molecule has 19 heavy (non-hydrogen) atoms. The number of rotatable bonds is 1. The van der Waals surface area contributed by atoms with Gasteiger partial charge >= 0.3 is 0 Å². The molecule has 0 aliphatic heterocycles. The van der Waals surface area contributed by atoms with Gasteiger partial charge in [0.1, 0.15) is 17.2 Å². The lowest BCUT2D eigenvalue weighted by molar-refractivity contribution is 0.0819. The van der Waals surface area contributed by atoms with Gasteiger partial charge in [-0.3, -0.25) is 0 Å². The molecule has 1 atom stereocenters. The highest BCUT2D eigenvalue weighted by molar-refractivity contribution is 5.47. The summed E-state index contributed by atoms with van der Waals surface area (Å²) in [6, 6.07) is 8.79. The second-order valence-corrected chi connectivity index (χ2v) is 5.12. The normalized spacial score (nSPS) is 21.5. The molecule has 0 spiro atoms.